The van der Waals surface area contributed by atoms with Gasteiger partial charge in [0.2, 0.25) is 10.0 Å². The zero-order valence-electron chi connectivity index (χ0n) is 11.9. The van der Waals surface area contributed by atoms with Crippen LogP contribution in [-0.2, 0) is 23.5 Å². The Bertz CT molecular complexity index is 508. The van der Waals surface area contributed by atoms with Crippen LogP contribution >= 0.6 is 0 Å². The average molecular weight is 301 g/mol. The molecule has 114 valence electrons. The van der Waals surface area contributed by atoms with Crippen LogP contribution in [0.3, 0.4) is 0 Å². The van der Waals surface area contributed by atoms with E-state index < -0.39 is 10.0 Å². The van der Waals surface area contributed by atoms with Crippen LogP contribution in [0.15, 0.2) is 12.4 Å². The molecule has 1 aromatic rings. The highest BCUT2D eigenvalue weighted by Gasteiger charge is 2.15. The molecule has 2 rings (SSSR count). The van der Waals surface area contributed by atoms with Gasteiger partial charge in [0.05, 0.1) is 5.75 Å². The number of aromatic nitrogens is 2. The lowest BCUT2D eigenvalue weighted by atomic mass is 10.4. The number of hydrogen-bond donors (Lipinski definition) is 2. The van der Waals surface area contributed by atoms with Crippen LogP contribution in [-0.4, -0.2) is 67.9 Å². The Morgan fingerprint density at radius 1 is 1.40 bits per heavy atom. The summed E-state index contributed by atoms with van der Waals surface area (Å²) >= 11 is 0. The van der Waals surface area contributed by atoms with Crippen LogP contribution in [0.4, 0.5) is 0 Å². The third kappa shape index (κ3) is 4.86. The predicted octanol–water partition coefficient (Wildman–Crippen LogP) is -1.21. The van der Waals surface area contributed by atoms with Gasteiger partial charge in [0.25, 0.3) is 0 Å². The molecule has 1 saturated heterocycles. The first-order chi connectivity index (χ1) is 9.57. The molecule has 0 radical (unpaired) electrons. The third-order valence-corrected chi connectivity index (χ3v) is 4.84. The molecular weight excluding hydrogens is 278 g/mol. The van der Waals surface area contributed by atoms with Gasteiger partial charge < -0.3 is 9.88 Å². The summed E-state index contributed by atoms with van der Waals surface area (Å²) in [5, 5.41) is 3.25. The SMILES string of the molecule is Cn1ccnc1CCNS(=O)(=O)CCN1CCNCC1. The van der Waals surface area contributed by atoms with Crippen molar-refractivity contribution in [1.29, 1.82) is 0 Å². The summed E-state index contributed by atoms with van der Waals surface area (Å²) < 4.78 is 28.4. The monoisotopic (exact) mass is 301 g/mol. The van der Waals surface area contributed by atoms with Crippen molar-refractivity contribution >= 4 is 10.0 Å². The molecule has 2 N–H and O–H groups in total. The Morgan fingerprint density at radius 3 is 2.80 bits per heavy atom. The van der Waals surface area contributed by atoms with E-state index in [1.807, 2.05) is 17.8 Å². The van der Waals surface area contributed by atoms with Gasteiger partial charge in [-0.1, -0.05) is 0 Å². The number of sulfonamides is 1. The molecular formula is C12H23N5O2S. The number of aryl methyl sites for hydroxylation is 1. The smallest absolute Gasteiger partial charge is 0.212 e. The quantitative estimate of drug-likeness (QED) is 0.660. The summed E-state index contributed by atoms with van der Waals surface area (Å²) in [7, 11) is -1.29. The molecule has 8 heteroatoms. The van der Waals surface area contributed by atoms with E-state index >= 15 is 0 Å². The number of piperazine rings is 1. The van der Waals surface area contributed by atoms with Crippen molar-refractivity contribution in [2.24, 2.45) is 7.05 Å². The van der Waals surface area contributed by atoms with Crippen LogP contribution in [0.1, 0.15) is 5.82 Å². The van der Waals surface area contributed by atoms with Gasteiger partial charge in [0, 0.05) is 65.1 Å². The molecule has 20 heavy (non-hydrogen) atoms. The van der Waals surface area contributed by atoms with Crippen LogP contribution in [0.25, 0.3) is 0 Å². The summed E-state index contributed by atoms with van der Waals surface area (Å²) in [6.07, 6.45) is 4.18. The zero-order valence-corrected chi connectivity index (χ0v) is 12.7. The molecule has 1 aromatic heterocycles. The van der Waals surface area contributed by atoms with Crippen molar-refractivity contribution in [3.8, 4) is 0 Å². The molecule has 0 unspecified atom stereocenters. The second-order valence-corrected chi connectivity index (χ2v) is 6.94. The third-order valence-electron chi connectivity index (χ3n) is 3.48. The Balaban J connectivity index is 1.69. The van der Waals surface area contributed by atoms with E-state index in [-0.39, 0.29) is 5.75 Å². The minimum Gasteiger partial charge on any atom is -0.338 e. The summed E-state index contributed by atoms with van der Waals surface area (Å²) in [5.41, 5.74) is 0. The van der Waals surface area contributed by atoms with E-state index in [9.17, 15) is 8.42 Å². The molecule has 0 saturated carbocycles. The van der Waals surface area contributed by atoms with E-state index in [0.29, 0.717) is 19.5 Å². The maximum Gasteiger partial charge on any atom is 0.212 e. The molecule has 0 aliphatic carbocycles. The van der Waals surface area contributed by atoms with Crippen LogP contribution in [0.2, 0.25) is 0 Å². The van der Waals surface area contributed by atoms with Crippen LogP contribution in [0.5, 0.6) is 0 Å². The van der Waals surface area contributed by atoms with Gasteiger partial charge >= 0.3 is 0 Å². The first-order valence-electron chi connectivity index (χ1n) is 6.93. The van der Waals surface area contributed by atoms with E-state index in [1.54, 1.807) is 6.20 Å². The second kappa shape index (κ2) is 7.16. The Hall–Kier alpha value is -0.960. The van der Waals surface area contributed by atoms with E-state index in [4.69, 9.17) is 0 Å². The molecule has 0 bridgehead atoms. The molecule has 7 nitrogen and oxygen atoms in total. The highest BCUT2D eigenvalue weighted by atomic mass is 32.2. The van der Waals surface area contributed by atoms with Gasteiger partial charge in [-0.15, -0.1) is 0 Å². The van der Waals surface area contributed by atoms with Gasteiger partial charge in [0.15, 0.2) is 0 Å². The van der Waals surface area contributed by atoms with E-state index in [1.165, 1.54) is 0 Å². The molecule has 2 heterocycles. The molecule has 1 fully saturated rings. The molecule has 0 amide bonds. The van der Waals surface area contributed by atoms with Gasteiger partial charge in [-0.2, -0.15) is 0 Å². The van der Waals surface area contributed by atoms with E-state index in [0.717, 1.165) is 32.0 Å². The fraction of sp³-hybridized carbons (Fsp3) is 0.750. The lowest BCUT2D eigenvalue weighted by Gasteiger charge is -2.26. The molecule has 1 aliphatic heterocycles. The molecule has 0 aromatic carbocycles. The second-order valence-electron chi connectivity index (χ2n) is 5.01. The minimum atomic E-state index is -3.20. The first-order valence-corrected chi connectivity index (χ1v) is 8.59. The summed E-state index contributed by atoms with van der Waals surface area (Å²) in [5.74, 6) is 1.04. The summed E-state index contributed by atoms with van der Waals surface area (Å²) in [6.45, 7) is 4.71. The molecule has 0 atom stereocenters. The highest BCUT2D eigenvalue weighted by molar-refractivity contribution is 7.89. The van der Waals surface area contributed by atoms with Crippen molar-refractivity contribution in [1.82, 2.24) is 24.5 Å². The lowest BCUT2D eigenvalue weighted by molar-refractivity contribution is 0.253. The summed E-state index contributed by atoms with van der Waals surface area (Å²) in [6, 6.07) is 0. The first kappa shape index (κ1) is 15.4. The maximum atomic E-state index is 11.9. The van der Waals surface area contributed by atoms with E-state index in [2.05, 4.69) is 19.9 Å². The number of nitrogens with zero attached hydrogens (tertiary/aromatic N) is 3. The Kier molecular flexibility index (Phi) is 5.53. The fourth-order valence-electron chi connectivity index (χ4n) is 2.21. The van der Waals surface area contributed by atoms with Crippen LogP contribution < -0.4 is 10.0 Å². The number of nitrogens with one attached hydrogen (secondary N) is 2. The number of rotatable bonds is 7. The van der Waals surface area contributed by atoms with Crippen molar-refractivity contribution < 1.29 is 8.42 Å². The number of hydrogen-bond acceptors (Lipinski definition) is 5. The standard InChI is InChI=1S/C12H23N5O2S/c1-16-7-6-14-12(16)2-3-15-20(18,19)11-10-17-8-4-13-5-9-17/h6-7,13,15H,2-5,8-11H2,1H3. The largest absolute Gasteiger partial charge is 0.338 e. The van der Waals surface area contributed by atoms with Crippen LogP contribution in [0, 0.1) is 0 Å². The average Bonchev–Trinajstić information content (AvgIpc) is 2.83. The fourth-order valence-corrected chi connectivity index (χ4v) is 3.27. The lowest BCUT2D eigenvalue weighted by Crippen LogP contribution is -2.46. The van der Waals surface area contributed by atoms with Gasteiger partial charge in [-0.05, 0) is 0 Å². The van der Waals surface area contributed by atoms with Gasteiger partial charge in [-0.3, -0.25) is 4.90 Å². The zero-order chi connectivity index (χ0) is 14.4. The van der Waals surface area contributed by atoms with Gasteiger partial charge in [0.1, 0.15) is 5.82 Å². The highest BCUT2D eigenvalue weighted by Crippen LogP contribution is 1.97. The normalized spacial score (nSPS) is 17.4. The molecule has 1 aliphatic rings. The van der Waals surface area contributed by atoms with Crippen molar-refractivity contribution in [2.75, 3.05) is 45.0 Å². The Labute approximate surface area is 120 Å². The number of imidazole rings is 1. The topological polar surface area (TPSA) is 79.3 Å². The van der Waals surface area contributed by atoms with Crippen molar-refractivity contribution in [3.05, 3.63) is 18.2 Å². The molecule has 0 spiro atoms. The maximum absolute atomic E-state index is 11.9. The summed E-state index contributed by atoms with van der Waals surface area (Å²) in [4.78, 5) is 6.34. The van der Waals surface area contributed by atoms with Crippen molar-refractivity contribution in [2.45, 2.75) is 6.42 Å². The Morgan fingerprint density at radius 2 is 2.15 bits per heavy atom. The minimum absolute atomic E-state index is 0.160. The van der Waals surface area contributed by atoms with Gasteiger partial charge in [-0.25, -0.2) is 18.1 Å². The van der Waals surface area contributed by atoms with Crippen molar-refractivity contribution in [3.63, 3.8) is 0 Å². The predicted molar refractivity (Wildman–Crippen MR) is 78.0 cm³/mol.